The lowest BCUT2D eigenvalue weighted by atomic mass is 9.81. The molecule has 0 bridgehead atoms. The first kappa shape index (κ1) is 22.0. The Morgan fingerprint density at radius 3 is 2.43 bits per heavy atom. The van der Waals surface area contributed by atoms with Crippen molar-refractivity contribution in [1.29, 1.82) is 0 Å². The third-order valence-corrected chi connectivity index (χ3v) is 8.44. The highest BCUT2D eigenvalue weighted by molar-refractivity contribution is 7.92. The van der Waals surface area contributed by atoms with E-state index >= 15 is 0 Å². The lowest BCUT2D eigenvalue weighted by molar-refractivity contribution is -0.00722. The Morgan fingerprint density at radius 2 is 1.83 bits per heavy atom. The van der Waals surface area contributed by atoms with Crippen LogP contribution in [0.3, 0.4) is 0 Å². The van der Waals surface area contributed by atoms with Crippen molar-refractivity contribution in [2.24, 2.45) is 11.8 Å². The molecule has 168 valence electrons. The van der Waals surface area contributed by atoms with Gasteiger partial charge in [-0.05, 0) is 74.2 Å². The molecular weight excluding hydrogens is 403 g/mol. The van der Waals surface area contributed by atoms with Crippen LogP contribution < -0.4 is 4.72 Å². The summed E-state index contributed by atoms with van der Waals surface area (Å²) in [6.07, 6.45) is 9.36. The van der Waals surface area contributed by atoms with Crippen molar-refractivity contribution in [2.45, 2.75) is 69.3 Å². The number of anilines is 1. The number of sulfonamides is 1. The smallest absolute Gasteiger partial charge is 0.229 e. The summed E-state index contributed by atoms with van der Waals surface area (Å²) in [5.41, 5.74) is 0.734. The molecule has 5 nitrogen and oxygen atoms in total. The molecule has 3 aliphatic rings. The first-order valence-electron chi connectivity index (χ1n) is 11.4. The number of piperidine rings is 1. The molecule has 3 fully saturated rings. The van der Waals surface area contributed by atoms with Gasteiger partial charge in [-0.15, -0.1) is 0 Å². The summed E-state index contributed by atoms with van der Waals surface area (Å²) in [5.74, 6) is 0.593. The fourth-order valence-corrected chi connectivity index (χ4v) is 6.92. The summed E-state index contributed by atoms with van der Waals surface area (Å²) in [6.45, 7) is 5.17. The van der Waals surface area contributed by atoms with Gasteiger partial charge >= 0.3 is 0 Å². The van der Waals surface area contributed by atoms with Gasteiger partial charge in [0.15, 0.2) is 0 Å². The molecule has 1 aromatic rings. The summed E-state index contributed by atoms with van der Waals surface area (Å²) in [6, 6.07) is 4.64. The molecule has 2 unspecified atom stereocenters. The van der Waals surface area contributed by atoms with Crippen LogP contribution in [-0.2, 0) is 15.4 Å². The Morgan fingerprint density at radius 1 is 1.17 bits per heavy atom. The summed E-state index contributed by atoms with van der Waals surface area (Å²) in [4.78, 5) is 2.49. The monoisotopic (exact) mass is 438 g/mol. The summed E-state index contributed by atoms with van der Waals surface area (Å²) < 4.78 is 39.8. The van der Waals surface area contributed by atoms with Crippen LogP contribution >= 0.6 is 0 Å². The van der Waals surface area contributed by atoms with Crippen molar-refractivity contribution in [3.63, 3.8) is 0 Å². The molecule has 2 aliphatic carbocycles. The van der Waals surface area contributed by atoms with Gasteiger partial charge in [-0.2, -0.15) is 0 Å². The van der Waals surface area contributed by atoms with Crippen molar-refractivity contribution in [3.8, 4) is 0 Å². The second-order valence-corrected chi connectivity index (χ2v) is 11.6. The van der Waals surface area contributed by atoms with Gasteiger partial charge in [0.25, 0.3) is 0 Å². The van der Waals surface area contributed by atoms with Crippen molar-refractivity contribution in [1.82, 2.24) is 4.90 Å². The number of fused-ring (bicyclic) bond motifs is 1. The Bertz CT molecular complexity index is 870. The van der Waals surface area contributed by atoms with Crippen molar-refractivity contribution in [3.05, 3.63) is 29.6 Å². The summed E-state index contributed by atoms with van der Waals surface area (Å²) in [5, 5.41) is 10.7. The van der Waals surface area contributed by atoms with E-state index in [-0.39, 0.29) is 5.41 Å². The van der Waals surface area contributed by atoms with Gasteiger partial charge in [0.2, 0.25) is 10.0 Å². The molecule has 0 radical (unpaired) electrons. The van der Waals surface area contributed by atoms with E-state index in [2.05, 4.69) is 16.5 Å². The number of likely N-dealkylation sites (tertiary alicyclic amines) is 1. The van der Waals surface area contributed by atoms with E-state index in [0.29, 0.717) is 17.5 Å². The molecule has 0 spiro atoms. The number of hydrogen-bond donors (Lipinski definition) is 2. The summed E-state index contributed by atoms with van der Waals surface area (Å²) in [7, 11) is -3.44. The van der Waals surface area contributed by atoms with Gasteiger partial charge in [-0.25, -0.2) is 12.8 Å². The normalized spacial score (nSPS) is 30.8. The van der Waals surface area contributed by atoms with Crippen LogP contribution in [0.25, 0.3) is 0 Å². The van der Waals surface area contributed by atoms with Crippen LogP contribution in [-0.4, -0.2) is 49.9 Å². The molecule has 7 heteroatoms. The molecule has 0 aromatic heterocycles. The number of nitrogens with one attached hydrogen (secondary N) is 1. The van der Waals surface area contributed by atoms with E-state index in [1.165, 1.54) is 12.5 Å². The zero-order chi connectivity index (χ0) is 21.6. The highest BCUT2D eigenvalue weighted by atomic mass is 32.2. The lowest BCUT2D eigenvalue weighted by Gasteiger charge is -2.33. The third kappa shape index (κ3) is 4.39. The molecule has 2 atom stereocenters. The number of benzene rings is 1. The van der Waals surface area contributed by atoms with Crippen molar-refractivity contribution < 1.29 is 17.9 Å². The van der Waals surface area contributed by atoms with Gasteiger partial charge in [0, 0.05) is 18.5 Å². The van der Waals surface area contributed by atoms with E-state index < -0.39 is 21.4 Å². The highest BCUT2D eigenvalue weighted by Crippen LogP contribution is 2.65. The third-order valence-electron chi connectivity index (χ3n) is 7.83. The maximum atomic E-state index is 14.3. The molecule has 2 N–H and O–H groups in total. The predicted octanol–water partition coefficient (Wildman–Crippen LogP) is 3.88. The second-order valence-electron chi connectivity index (χ2n) is 9.86. The first-order valence-corrected chi connectivity index (χ1v) is 13.3. The average Bonchev–Trinajstić information content (AvgIpc) is 3.03. The molecule has 30 heavy (non-hydrogen) atoms. The van der Waals surface area contributed by atoms with Gasteiger partial charge in [-0.1, -0.05) is 26.2 Å². The number of hydrogen-bond acceptors (Lipinski definition) is 4. The van der Waals surface area contributed by atoms with Crippen LogP contribution in [0.2, 0.25) is 0 Å². The Balaban J connectivity index is 1.37. The average molecular weight is 439 g/mol. The molecule has 1 saturated heterocycles. The molecular formula is C23H35FN2O3S. The van der Waals surface area contributed by atoms with Crippen LogP contribution in [0.4, 0.5) is 10.1 Å². The zero-order valence-electron chi connectivity index (χ0n) is 18.2. The van der Waals surface area contributed by atoms with E-state index in [9.17, 15) is 17.9 Å². The molecule has 4 rings (SSSR count). The number of aliphatic hydroxyl groups is 1. The fourth-order valence-electron chi connectivity index (χ4n) is 6.38. The van der Waals surface area contributed by atoms with Gasteiger partial charge in [0.05, 0.1) is 17.5 Å². The number of halogens is 1. The standard InChI is InChI=1S/C23H35FN2O3S/c1-3-23(17-12-18(24)14-19(13-17)25-30(2,28)29)20-15-26(16-21(20)23)11-7-10-22(27)8-5-4-6-9-22/h12-14,20-21,25,27H,3-11,15-16H2,1-2H3. The van der Waals surface area contributed by atoms with Crippen LogP contribution in [0.5, 0.6) is 0 Å². The van der Waals surface area contributed by atoms with Crippen LogP contribution in [0, 0.1) is 17.7 Å². The molecule has 1 aliphatic heterocycles. The maximum absolute atomic E-state index is 14.3. The van der Waals surface area contributed by atoms with Crippen LogP contribution in [0.15, 0.2) is 18.2 Å². The predicted molar refractivity (Wildman–Crippen MR) is 118 cm³/mol. The number of nitrogens with zero attached hydrogens (tertiary/aromatic N) is 1. The Kier molecular flexibility index (Phi) is 5.92. The Hall–Kier alpha value is -1.18. The van der Waals surface area contributed by atoms with Gasteiger partial charge in [-0.3, -0.25) is 4.72 Å². The van der Waals surface area contributed by atoms with Gasteiger partial charge in [0.1, 0.15) is 5.82 Å². The largest absolute Gasteiger partial charge is 0.390 e. The highest BCUT2D eigenvalue weighted by Gasteiger charge is 2.67. The topological polar surface area (TPSA) is 69.6 Å². The van der Waals surface area contributed by atoms with E-state index in [1.54, 1.807) is 6.07 Å². The van der Waals surface area contributed by atoms with E-state index in [1.807, 2.05) is 6.07 Å². The van der Waals surface area contributed by atoms with Crippen molar-refractivity contribution >= 4 is 15.7 Å². The number of rotatable bonds is 8. The minimum Gasteiger partial charge on any atom is -0.390 e. The van der Waals surface area contributed by atoms with Crippen molar-refractivity contribution in [2.75, 3.05) is 30.6 Å². The molecule has 1 heterocycles. The molecule has 0 amide bonds. The summed E-state index contributed by atoms with van der Waals surface area (Å²) >= 11 is 0. The fraction of sp³-hybridized carbons (Fsp3) is 0.739. The van der Waals surface area contributed by atoms with Gasteiger partial charge < -0.3 is 10.0 Å². The van der Waals surface area contributed by atoms with E-state index in [4.69, 9.17) is 0 Å². The minimum atomic E-state index is -3.44. The van der Waals surface area contributed by atoms with E-state index in [0.717, 1.165) is 76.4 Å². The lowest BCUT2D eigenvalue weighted by Crippen LogP contribution is -2.34. The SMILES string of the molecule is CCC1(c2cc(F)cc(NS(C)(=O)=O)c2)C2CN(CCCC3(O)CCCCC3)CC21. The second kappa shape index (κ2) is 8.06. The molecule has 2 saturated carbocycles. The quantitative estimate of drug-likeness (QED) is 0.646. The first-order chi connectivity index (χ1) is 14.2. The minimum absolute atomic E-state index is 0.0475. The van der Waals surface area contributed by atoms with Crippen LogP contribution in [0.1, 0.15) is 63.9 Å². The maximum Gasteiger partial charge on any atom is 0.229 e. The molecule has 1 aromatic carbocycles. The Labute approximate surface area is 180 Å². The zero-order valence-corrected chi connectivity index (χ0v) is 19.0.